The molecule has 0 heterocycles. The van der Waals surface area contributed by atoms with E-state index >= 15 is 0 Å². The van der Waals surface area contributed by atoms with Crippen LogP contribution in [-0.4, -0.2) is 29.2 Å². The van der Waals surface area contributed by atoms with Crippen molar-refractivity contribution in [3.8, 4) is 16.9 Å². The van der Waals surface area contributed by atoms with Crippen LogP contribution < -0.4 is 0 Å². The molecule has 0 atom stereocenters. The van der Waals surface area contributed by atoms with Crippen molar-refractivity contribution in [2.24, 2.45) is 0 Å². The molecule has 138 valence electrons. The summed E-state index contributed by atoms with van der Waals surface area (Å²) in [6.07, 6.45) is 0. The van der Waals surface area contributed by atoms with E-state index in [2.05, 4.69) is 0 Å². The summed E-state index contributed by atoms with van der Waals surface area (Å²) in [5, 5.41) is 10.6. The Kier molecular flexibility index (Phi) is 4.28. The lowest BCUT2D eigenvalue weighted by Crippen LogP contribution is -2.23. The third kappa shape index (κ3) is 2.60. The van der Waals surface area contributed by atoms with Gasteiger partial charge in [0.25, 0.3) is 0 Å². The molecule has 0 aliphatic heterocycles. The van der Waals surface area contributed by atoms with Gasteiger partial charge in [0.1, 0.15) is 11.3 Å². The van der Waals surface area contributed by atoms with Gasteiger partial charge >= 0.3 is 5.97 Å². The molecular formula is C23H16O5. The van der Waals surface area contributed by atoms with E-state index in [1.807, 2.05) is 0 Å². The van der Waals surface area contributed by atoms with E-state index in [-0.39, 0.29) is 51.6 Å². The maximum Gasteiger partial charge on any atom is 0.342 e. The zero-order chi connectivity index (χ0) is 19.8. The van der Waals surface area contributed by atoms with Crippen LogP contribution in [0.25, 0.3) is 11.1 Å². The number of phenolic OH excluding ortho intramolecular Hbond substituents is 1. The molecule has 0 saturated carbocycles. The van der Waals surface area contributed by atoms with Gasteiger partial charge in [-0.15, -0.1) is 0 Å². The Labute approximate surface area is 161 Å². The average Bonchev–Trinajstić information content (AvgIpc) is 2.72. The number of hydrogen-bond donors (Lipinski definition) is 1. The number of carbonyl (C=O) groups excluding carboxylic acids is 3. The zero-order valence-electron chi connectivity index (χ0n) is 15.1. The van der Waals surface area contributed by atoms with Gasteiger partial charge in [-0.3, -0.25) is 9.59 Å². The van der Waals surface area contributed by atoms with E-state index in [1.54, 1.807) is 61.5 Å². The average molecular weight is 372 g/mol. The topological polar surface area (TPSA) is 80.7 Å². The van der Waals surface area contributed by atoms with Crippen LogP contribution in [0.2, 0.25) is 0 Å². The van der Waals surface area contributed by atoms with Crippen molar-refractivity contribution < 1.29 is 24.2 Å². The molecule has 3 aromatic carbocycles. The van der Waals surface area contributed by atoms with Crippen LogP contribution >= 0.6 is 0 Å². The Morgan fingerprint density at radius 2 is 1.46 bits per heavy atom. The Morgan fingerprint density at radius 3 is 2.11 bits per heavy atom. The van der Waals surface area contributed by atoms with Crippen LogP contribution in [0.15, 0.2) is 60.7 Å². The first-order valence-electron chi connectivity index (χ1n) is 8.85. The second-order valence-corrected chi connectivity index (χ2v) is 6.36. The summed E-state index contributed by atoms with van der Waals surface area (Å²) < 4.78 is 5.10. The summed E-state index contributed by atoms with van der Waals surface area (Å²) in [4.78, 5) is 38.9. The van der Waals surface area contributed by atoms with Crippen molar-refractivity contribution in [1.29, 1.82) is 0 Å². The maximum absolute atomic E-state index is 13.3. The molecule has 0 radical (unpaired) electrons. The number of ether oxygens (including phenoxy) is 1. The first kappa shape index (κ1) is 17.7. The van der Waals surface area contributed by atoms with Crippen molar-refractivity contribution in [3.63, 3.8) is 0 Å². The van der Waals surface area contributed by atoms with Gasteiger partial charge in [-0.1, -0.05) is 54.6 Å². The lowest BCUT2D eigenvalue weighted by Gasteiger charge is -2.23. The molecule has 4 rings (SSSR count). The van der Waals surface area contributed by atoms with E-state index in [4.69, 9.17) is 4.74 Å². The van der Waals surface area contributed by atoms with Gasteiger partial charge in [-0.25, -0.2) is 4.79 Å². The lowest BCUT2D eigenvalue weighted by molar-refractivity contribution is 0.0523. The summed E-state index contributed by atoms with van der Waals surface area (Å²) in [6, 6.07) is 16.5. The van der Waals surface area contributed by atoms with Gasteiger partial charge in [-0.2, -0.15) is 0 Å². The van der Waals surface area contributed by atoms with Crippen molar-refractivity contribution in [1.82, 2.24) is 0 Å². The summed E-state index contributed by atoms with van der Waals surface area (Å²) in [5.74, 6) is -1.87. The zero-order valence-corrected chi connectivity index (χ0v) is 15.1. The summed E-state index contributed by atoms with van der Waals surface area (Å²) in [7, 11) is 0. The number of phenols is 1. The minimum absolute atomic E-state index is 0.0769. The number of hydrogen-bond acceptors (Lipinski definition) is 5. The normalized spacial score (nSPS) is 12.3. The molecule has 5 heteroatoms. The van der Waals surface area contributed by atoms with Gasteiger partial charge in [0, 0.05) is 27.8 Å². The Bertz CT molecular complexity index is 1130. The summed E-state index contributed by atoms with van der Waals surface area (Å²) in [5.41, 5.74) is 1.37. The molecule has 1 aliphatic carbocycles. The van der Waals surface area contributed by atoms with Crippen molar-refractivity contribution in [2.75, 3.05) is 6.61 Å². The lowest BCUT2D eigenvalue weighted by atomic mass is 9.78. The molecule has 5 nitrogen and oxygen atoms in total. The minimum atomic E-state index is -0.749. The van der Waals surface area contributed by atoms with E-state index in [0.29, 0.717) is 5.56 Å². The molecule has 1 aliphatic rings. The number of fused-ring (bicyclic) bond motifs is 2. The number of esters is 1. The highest BCUT2D eigenvalue weighted by Crippen LogP contribution is 2.41. The molecule has 0 aromatic heterocycles. The smallest absolute Gasteiger partial charge is 0.342 e. The van der Waals surface area contributed by atoms with Gasteiger partial charge in [0.2, 0.25) is 0 Å². The molecule has 0 saturated heterocycles. The van der Waals surface area contributed by atoms with Gasteiger partial charge in [0.15, 0.2) is 11.6 Å². The monoisotopic (exact) mass is 372 g/mol. The fraction of sp³-hybridized carbons (Fsp3) is 0.0870. The molecule has 3 aromatic rings. The first-order valence-corrected chi connectivity index (χ1v) is 8.85. The first-order chi connectivity index (χ1) is 13.5. The summed E-state index contributed by atoms with van der Waals surface area (Å²) >= 11 is 0. The molecule has 0 spiro atoms. The Hall–Kier alpha value is -3.73. The number of ketones is 2. The van der Waals surface area contributed by atoms with Crippen molar-refractivity contribution in [3.05, 3.63) is 88.5 Å². The van der Waals surface area contributed by atoms with Crippen LogP contribution in [0.4, 0.5) is 0 Å². The summed E-state index contributed by atoms with van der Waals surface area (Å²) in [6.45, 7) is 1.76. The fourth-order valence-electron chi connectivity index (χ4n) is 3.55. The van der Waals surface area contributed by atoms with E-state index in [9.17, 15) is 19.5 Å². The van der Waals surface area contributed by atoms with Crippen LogP contribution in [0, 0.1) is 0 Å². The highest BCUT2D eigenvalue weighted by atomic mass is 16.5. The van der Waals surface area contributed by atoms with Gasteiger partial charge in [-0.05, 0) is 18.6 Å². The van der Waals surface area contributed by atoms with E-state index in [1.165, 1.54) is 6.07 Å². The van der Waals surface area contributed by atoms with Crippen LogP contribution in [-0.2, 0) is 4.74 Å². The predicted molar refractivity (Wildman–Crippen MR) is 103 cm³/mol. The Balaban J connectivity index is 2.10. The second kappa shape index (κ2) is 6.78. The quantitative estimate of drug-likeness (QED) is 0.550. The number of aromatic hydroxyl groups is 1. The van der Waals surface area contributed by atoms with Crippen LogP contribution in [0.3, 0.4) is 0 Å². The fourth-order valence-corrected chi connectivity index (χ4v) is 3.55. The number of benzene rings is 3. The molecule has 0 amide bonds. The number of rotatable bonds is 3. The molecular weight excluding hydrogens is 356 g/mol. The minimum Gasteiger partial charge on any atom is -0.507 e. The SMILES string of the molecule is CCOC(=O)c1c(O)cc2c(c1-c1ccccc1)C(=O)c1ccccc1C2=O. The number of carbonyl (C=O) groups is 3. The van der Waals surface area contributed by atoms with E-state index < -0.39 is 11.7 Å². The van der Waals surface area contributed by atoms with Crippen molar-refractivity contribution >= 4 is 17.5 Å². The standard InChI is InChI=1S/C23H16O5/c1-2-28-23(27)20-17(24)12-16-19(18(20)13-8-4-3-5-9-13)22(26)15-11-7-6-10-14(15)21(16)25/h3-12,24H,2H2,1H3. The highest BCUT2D eigenvalue weighted by molar-refractivity contribution is 6.31. The molecule has 1 N–H and O–H groups in total. The third-order valence-electron chi connectivity index (χ3n) is 4.74. The molecule has 0 unspecified atom stereocenters. The van der Waals surface area contributed by atoms with Crippen LogP contribution in [0.1, 0.15) is 49.1 Å². The van der Waals surface area contributed by atoms with Crippen molar-refractivity contribution in [2.45, 2.75) is 6.92 Å². The van der Waals surface area contributed by atoms with Crippen LogP contribution in [0.5, 0.6) is 5.75 Å². The predicted octanol–water partition coefficient (Wildman–Crippen LogP) is 4.01. The van der Waals surface area contributed by atoms with Gasteiger partial charge in [0.05, 0.1) is 6.61 Å². The molecule has 0 fully saturated rings. The largest absolute Gasteiger partial charge is 0.507 e. The van der Waals surface area contributed by atoms with E-state index in [0.717, 1.165) is 0 Å². The van der Waals surface area contributed by atoms with Gasteiger partial charge < -0.3 is 9.84 Å². The highest BCUT2D eigenvalue weighted by Gasteiger charge is 2.36. The second-order valence-electron chi connectivity index (χ2n) is 6.36. The maximum atomic E-state index is 13.3. The molecule has 28 heavy (non-hydrogen) atoms. The Morgan fingerprint density at radius 1 is 0.857 bits per heavy atom. The third-order valence-corrected chi connectivity index (χ3v) is 4.74. The molecule has 0 bridgehead atoms.